The first-order chi connectivity index (χ1) is 11.6. The maximum absolute atomic E-state index is 13.0. The zero-order valence-electron chi connectivity index (χ0n) is 14.6. The summed E-state index contributed by atoms with van der Waals surface area (Å²) in [6, 6.07) is 5.55. The van der Waals surface area contributed by atoms with Gasteiger partial charge in [-0.05, 0) is 25.8 Å². The number of aryl methyl sites for hydroxylation is 1. The minimum atomic E-state index is -0.686. The molecule has 1 aromatic rings. The number of ether oxygens (including phenoxy) is 1. The summed E-state index contributed by atoms with van der Waals surface area (Å²) >= 11 is 0. The van der Waals surface area contributed by atoms with Crippen molar-refractivity contribution >= 4 is 11.9 Å². The Morgan fingerprint density at radius 2 is 1.79 bits per heavy atom. The van der Waals surface area contributed by atoms with Gasteiger partial charge in [0.2, 0.25) is 0 Å². The second-order valence-electron chi connectivity index (χ2n) is 6.99. The Bertz CT molecular complexity index is 633. The van der Waals surface area contributed by atoms with E-state index in [1.165, 1.54) is 11.3 Å². The minimum Gasteiger partial charge on any atom is -0.496 e. The highest BCUT2D eigenvalue weighted by atomic mass is 16.5. The number of benzene rings is 1. The standard InChI is InChI=1S/C19H26N2O3/c1-14-8-9-16(24-2)15(12-14)13-21-17(22)19(20-18(21)23)10-6-4-3-5-7-11-19/h8-9,12H,3-7,10-11,13H2,1-2H3,(H,20,23). The Balaban J connectivity index is 1.83. The van der Waals surface area contributed by atoms with E-state index in [0.29, 0.717) is 5.75 Å². The van der Waals surface area contributed by atoms with Gasteiger partial charge in [-0.2, -0.15) is 0 Å². The van der Waals surface area contributed by atoms with Gasteiger partial charge in [-0.3, -0.25) is 9.69 Å². The topological polar surface area (TPSA) is 58.6 Å². The molecule has 24 heavy (non-hydrogen) atoms. The molecule has 1 heterocycles. The largest absolute Gasteiger partial charge is 0.496 e. The van der Waals surface area contributed by atoms with E-state index in [0.717, 1.165) is 49.7 Å². The molecular weight excluding hydrogens is 304 g/mol. The molecule has 2 aliphatic rings. The molecule has 5 nitrogen and oxygen atoms in total. The highest BCUT2D eigenvalue weighted by Gasteiger charge is 2.50. The molecule has 1 aromatic carbocycles. The number of rotatable bonds is 3. The van der Waals surface area contributed by atoms with E-state index >= 15 is 0 Å². The first-order valence-corrected chi connectivity index (χ1v) is 8.83. The summed E-state index contributed by atoms with van der Waals surface area (Å²) < 4.78 is 5.38. The zero-order chi connectivity index (χ0) is 17.2. The van der Waals surface area contributed by atoms with Gasteiger partial charge < -0.3 is 10.1 Å². The summed E-state index contributed by atoms with van der Waals surface area (Å²) in [6.07, 6.45) is 6.98. The smallest absolute Gasteiger partial charge is 0.325 e. The molecule has 0 unspecified atom stereocenters. The van der Waals surface area contributed by atoms with E-state index in [1.54, 1.807) is 7.11 Å². The fourth-order valence-corrected chi connectivity index (χ4v) is 3.87. The predicted molar refractivity (Wildman–Crippen MR) is 91.9 cm³/mol. The van der Waals surface area contributed by atoms with Crippen LogP contribution in [0.5, 0.6) is 5.75 Å². The van der Waals surface area contributed by atoms with Crippen LogP contribution in [0.4, 0.5) is 4.79 Å². The van der Waals surface area contributed by atoms with Crippen molar-refractivity contribution in [3.63, 3.8) is 0 Å². The summed E-state index contributed by atoms with van der Waals surface area (Å²) in [5.74, 6) is 0.637. The maximum Gasteiger partial charge on any atom is 0.325 e. The number of carbonyl (C=O) groups excluding carboxylic acids is 2. The predicted octanol–water partition coefficient (Wildman–Crippen LogP) is 3.54. The summed E-state index contributed by atoms with van der Waals surface area (Å²) in [5, 5.41) is 3.01. The quantitative estimate of drug-likeness (QED) is 0.863. The van der Waals surface area contributed by atoms with E-state index in [2.05, 4.69) is 5.32 Å². The Kier molecular flexibility index (Phi) is 4.78. The van der Waals surface area contributed by atoms with Crippen molar-refractivity contribution in [2.45, 2.75) is 64.0 Å². The van der Waals surface area contributed by atoms with Crippen LogP contribution in [-0.2, 0) is 11.3 Å². The Morgan fingerprint density at radius 1 is 1.12 bits per heavy atom. The molecular formula is C19H26N2O3. The molecule has 1 saturated carbocycles. The van der Waals surface area contributed by atoms with Crippen LogP contribution < -0.4 is 10.1 Å². The lowest BCUT2D eigenvalue weighted by atomic mass is 9.84. The average molecular weight is 330 g/mol. The van der Waals surface area contributed by atoms with Crippen molar-refractivity contribution in [3.05, 3.63) is 29.3 Å². The lowest BCUT2D eigenvalue weighted by molar-refractivity contribution is -0.132. The molecule has 1 N–H and O–H groups in total. The summed E-state index contributed by atoms with van der Waals surface area (Å²) in [7, 11) is 1.61. The third kappa shape index (κ3) is 3.12. The van der Waals surface area contributed by atoms with Gasteiger partial charge in [0.1, 0.15) is 11.3 Å². The second kappa shape index (κ2) is 6.83. The third-order valence-corrected chi connectivity index (χ3v) is 5.22. The van der Waals surface area contributed by atoms with Crippen LogP contribution in [-0.4, -0.2) is 29.5 Å². The molecule has 0 radical (unpaired) electrons. The van der Waals surface area contributed by atoms with Crippen LogP contribution in [0.1, 0.15) is 56.1 Å². The first-order valence-electron chi connectivity index (χ1n) is 8.83. The molecule has 3 rings (SSSR count). The van der Waals surface area contributed by atoms with E-state index in [1.807, 2.05) is 25.1 Å². The van der Waals surface area contributed by atoms with Crippen molar-refractivity contribution in [1.29, 1.82) is 0 Å². The SMILES string of the molecule is COc1ccc(C)cc1CN1C(=O)NC2(CCCCCCC2)C1=O. The van der Waals surface area contributed by atoms with Crippen molar-refractivity contribution in [2.24, 2.45) is 0 Å². The Labute approximate surface area is 143 Å². The molecule has 1 aliphatic heterocycles. The first kappa shape index (κ1) is 16.8. The molecule has 3 amide bonds. The van der Waals surface area contributed by atoms with Crippen molar-refractivity contribution in [3.8, 4) is 5.75 Å². The highest BCUT2D eigenvalue weighted by molar-refractivity contribution is 6.07. The van der Waals surface area contributed by atoms with Crippen LogP contribution in [0.25, 0.3) is 0 Å². The normalized spacial score (nSPS) is 20.7. The van der Waals surface area contributed by atoms with Crippen LogP contribution >= 0.6 is 0 Å². The summed E-state index contributed by atoms with van der Waals surface area (Å²) in [5.41, 5.74) is 1.26. The summed E-state index contributed by atoms with van der Waals surface area (Å²) in [4.78, 5) is 26.9. The maximum atomic E-state index is 13.0. The van der Waals surface area contributed by atoms with Gasteiger partial charge in [0.15, 0.2) is 0 Å². The number of amides is 3. The van der Waals surface area contributed by atoms with Gasteiger partial charge in [-0.1, -0.05) is 49.8 Å². The van der Waals surface area contributed by atoms with Crippen LogP contribution in [0.15, 0.2) is 18.2 Å². The third-order valence-electron chi connectivity index (χ3n) is 5.22. The number of methoxy groups -OCH3 is 1. The number of imide groups is 1. The van der Waals surface area contributed by atoms with Crippen LogP contribution in [0.3, 0.4) is 0 Å². The molecule has 2 fully saturated rings. The molecule has 130 valence electrons. The lowest BCUT2D eigenvalue weighted by Gasteiger charge is -2.28. The zero-order valence-corrected chi connectivity index (χ0v) is 14.6. The summed E-state index contributed by atoms with van der Waals surface area (Å²) in [6.45, 7) is 2.25. The van der Waals surface area contributed by atoms with E-state index < -0.39 is 5.54 Å². The van der Waals surface area contributed by atoms with Crippen molar-refractivity contribution < 1.29 is 14.3 Å². The van der Waals surface area contributed by atoms with Gasteiger partial charge in [0.05, 0.1) is 13.7 Å². The number of carbonyl (C=O) groups is 2. The fraction of sp³-hybridized carbons (Fsp3) is 0.579. The molecule has 1 aliphatic carbocycles. The second-order valence-corrected chi connectivity index (χ2v) is 6.99. The van der Waals surface area contributed by atoms with Crippen molar-refractivity contribution in [2.75, 3.05) is 7.11 Å². The molecule has 0 aromatic heterocycles. The molecule has 1 saturated heterocycles. The van der Waals surface area contributed by atoms with Crippen molar-refractivity contribution in [1.82, 2.24) is 10.2 Å². The molecule has 5 heteroatoms. The highest BCUT2D eigenvalue weighted by Crippen LogP contribution is 2.33. The van der Waals surface area contributed by atoms with Gasteiger partial charge in [0.25, 0.3) is 5.91 Å². The average Bonchev–Trinajstić information content (AvgIpc) is 2.76. The fourth-order valence-electron chi connectivity index (χ4n) is 3.87. The van der Waals surface area contributed by atoms with Gasteiger partial charge >= 0.3 is 6.03 Å². The van der Waals surface area contributed by atoms with Gasteiger partial charge in [0, 0.05) is 5.56 Å². The molecule has 0 bridgehead atoms. The van der Waals surface area contributed by atoms with Gasteiger partial charge in [-0.25, -0.2) is 4.79 Å². The Morgan fingerprint density at radius 3 is 2.46 bits per heavy atom. The number of hydrogen-bond acceptors (Lipinski definition) is 3. The molecule has 1 spiro atoms. The van der Waals surface area contributed by atoms with E-state index in [4.69, 9.17) is 4.74 Å². The number of urea groups is 1. The van der Waals surface area contributed by atoms with Crippen LogP contribution in [0, 0.1) is 6.92 Å². The van der Waals surface area contributed by atoms with E-state index in [-0.39, 0.29) is 18.5 Å². The number of nitrogens with zero attached hydrogens (tertiary/aromatic N) is 1. The monoisotopic (exact) mass is 330 g/mol. The van der Waals surface area contributed by atoms with Gasteiger partial charge in [-0.15, -0.1) is 0 Å². The lowest BCUT2D eigenvalue weighted by Crippen LogP contribution is -2.47. The van der Waals surface area contributed by atoms with Crippen LogP contribution in [0.2, 0.25) is 0 Å². The minimum absolute atomic E-state index is 0.0713. The van der Waals surface area contributed by atoms with E-state index in [9.17, 15) is 9.59 Å². The Hall–Kier alpha value is -2.04. The number of nitrogens with one attached hydrogen (secondary N) is 1. The molecule has 0 atom stereocenters. The number of hydrogen-bond donors (Lipinski definition) is 1.